The summed E-state index contributed by atoms with van der Waals surface area (Å²) in [5.74, 6) is -0.0144. The van der Waals surface area contributed by atoms with Gasteiger partial charge in [0.25, 0.3) is 5.91 Å². The van der Waals surface area contributed by atoms with Gasteiger partial charge in [0, 0.05) is 24.3 Å². The van der Waals surface area contributed by atoms with Gasteiger partial charge in [-0.25, -0.2) is 0 Å². The lowest BCUT2D eigenvalue weighted by atomic mass is 10.0. The summed E-state index contributed by atoms with van der Waals surface area (Å²) < 4.78 is 2.75. The minimum Gasteiger partial charge on any atom is -0.345 e. The zero-order valence-electron chi connectivity index (χ0n) is 9.51. The molecule has 1 saturated heterocycles. The summed E-state index contributed by atoms with van der Waals surface area (Å²) in [6.45, 7) is 3.88. The van der Waals surface area contributed by atoms with Crippen LogP contribution in [-0.2, 0) is 7.05 Å². The minimum absolute atomic E-state index is 0.0144. The molecule has 1 aromatic rings. The first kappa shape index (κ1) is 11.7. The van der Waals surface area contributed by atoms with Gasteiger partial charge in [0.15, 0.2) is 0 Å². The molecule has 4 nitrogen and oxygen atoms in total. The van der Waals surface area contributed by atoms with Gasteiger partial charge in [-0.05, 0) is 41.9 Å². The quantitative estimate of drug-likeness (QED) is 0.860. The lowest BCUT2D eigenvalue weighted by Gasteiger charge is -2.24. The van der Waals surface area contributed by atoms with Gasteiger partial charge in [-0.1, -0.05) is 0 Å². The maximum absolute atomic E-state index is 12.1. The molecule has 0 bridgehead atoms. The summed E-state index contributed by atoms with van der Waals surface area (Å²) in [5.41, 5.74) is 0.563. The Bertz CT molecular complexity index is 407. The molecule has 1 aromatic heterocycles. The van der Waals surface area contributed by atoms with Crippen LogP contribution in [0.2, 0.25) is 0 Å². The minimum atomic E-state index is -0.117. The molecular formula is C11H16BrN3O. The van der Waals surface area contributed by atoms with Gasteiger partial charge in [0.05, 0.1) is 5.54 Å². The van der Waals surface area contributed by atoms with E-state index in [0.29, 0.717) is 5.69 Å². The van der Waals surface area contributed by atoms with Crippen LogP contribution in [0.25, 0.3) is 0 Å². The second-order valence-electron chi connectivity index (χ2n) is 4.60. The standard InChI is InChI=1S/C11H16BrN3O/c1-11(3-4-13-7-11)14-10(16)9-5-8(12)6-15(9)2/h5-6,13H,3-4,7H2,1-2H3,(H,14,16). The van der Waals surface area contributed by atoms with E-state index in [1.807, 2.05) is 23.9 Å². The highest BCUT2D eigenvalue weighted by Crippen LogP contribution is 2.17. The van der Waals surface area contributed by atoms with Gasteiger partial charge in [-0.2, -0.15) is 0 Å². The molecule has 1 unspecified atom stereocenters. The summed E-state index contributed by atoms with van der Waals surface area (Å²) in [4.78, 5) is 12.1. The van der Waals surface area contributed by atoms with Gasteiger partial charge in [-0.3, -0.25) is 4.79 Å². The smallest absolute Gasteiger partial charge is 0.268 e. The maximum Gasteiger partial charge on any atom is 0.268 e. The topological polar surface area (TPSA) is 46.1 Å². The molecular weight excluding hydrogens is 270 g/mol. The van der Waals surface area contributed by atoms with Crippen molar-refractivity contribution in [1.29, 1.82) is 0 Å². The highest BCUT2D eigenvalue weighted by molar-refractivity contribution is 9.10. The summed E-state index contributed by atoms with van der Waals surface area (Å²) >= 11 is 3.36. The van der Waals surface area contributed by atoms with Gasteiger partial charge in [-0.15, -0.1) is 0 Å². The Kier molecular flexibility index (Phi) is 3.08. The van der Waals surface area contributed by atoms with Crippen molar-refractivity contribution in [2.75, 3.05) is 13.1 Å². The van der Waals surface area contributed by atoms with Crippen LogP contribution in [0.5, 0.6) is 0 Å². The number of amides is 1. The summed E-state index contributed by atoms with van der Waals surface area (Å²) in [6.07, 6.45) is 2.86. The summed E-state index contributed by atoms with van der Waals surface area (Å²) in [7, 11) is 1.87. The summed E-state index contributed by atoms with van der Waals surface area (Å²) in [6, 6.07) is 1.83. The normalized spacial score (nSPS) is 24.7. The number of hydrogen-bond acceptors (Lipinski definition) is 2. The SMILES string of the molecule is Cn1cc(Br)cc1C(=O)NC1(C)CCNC1. The van der Waals surface area contributed by atoms with Crippen molar-refractivity contribution < 1.29 is 4.79 Å². The van der Waals surface area contributed by atoms with E-state index in [1.165, 1.54) is 0 Å². The van der Waals surface area contributed by atoms with E-state index >= 15 is 0 Å². The van der Waals surface area contributed by atoms with Crippen molar-refractivity contribution in [2.24, 2.45) is 7.05 Å². The average Bonchev–Trinajstić information content (AvgIpc) is 2.73. The molecule has 2 heterocycles. The first-order valence-corrected chi connectivity index (χ1v) is 6.15. The molecule has 0 spiro atoms. The van der Waals surface area contributed by atoms with Crippen molar-refractivity contribution in [3.05, 3.63) is 22.4 Å². The van der Waals surface area contributed by atoms with Crippen LogP contribution < -0.4 is 10.6 Å². The van der Waals surface area contributed by atoms with Crippen molar-refractivity contribution in [1.82, 2.24) is 15.2 Å². The highest BCUT2D eigenvalue weighted by Gasteiger charge is 2.30. The van der Waals surface area contributed by atoms with E-state index in [0.717, 1.165) is 24.0 Å². The fourth-order valence-corrected chi connectivity index (χ4v) is 2.54. The predicted octanol–water partition coefficient (Wildman–Crippen LogP) is 1.27. The molecule has 5 heteroatoms. The van der Waals surface area contributed by atoms with Gasteiger partial charge >= 0.3 is 0 Å². The molecule has 1 atom stereocenters. The predicted molar refractivity (Wildman–Crippen MR) is 66.5 cm³/mol. The number of carbonyl (C=O) groups is 1. The molecule has 2 N–H and O–H groups in total. The molecule has 1 aliphatic heterocycles. The number of aryl methyl sites for hydroxylation is 1. The molecule has 2 rings (SSSR count). The molecule has 1 aliphatic rings. The summed E-state index contributed by atoms with van der Waals surface area (Å²) in [5, 5.41) is 6.34. The van der Waals surface area contributed by atoms with Crippen LogP contribution in [0.4, 0.5) is 0 Å². The van der Waals surface area contributed by atoms with Crippen molar-refractivity contribution in [3.63, 3.8) is 0 Å². The molecule has 16 heavy (non-hydrogen) atoms. The maximum atomic E-state index is 12.1. The van der Waals surface area contributed by atoms with Crippen LogP contribution in [0.1, 0.15) is 23.8 Å². The lowest BCUT2D eigenvalue weighted by molar-refractivity contribution is 0.0904. The van der Waals surface area contributed by atoms with Gasteiger partial charge in [0.2, 0.25) is 0 Å². The van der Waals surface area contributed by atoms with Crippen LogP contribution in [0, 0.1) is 0 Å². The van der Waals surface area contributed by atoms with Crippen molar-refractivity contribution in [2.45, 2.75) is 18.9 Å². The highest BCUT2D eigenvalue weighted by atomic mass is 79.9. The first-order valence-electron chi connectivity index (χ1n) is 5.35. The zero-order chi connectivity index (χ0) is 11.8. The fraction of sp³-hybridized carbons (Fsp3) is 0.545. The number of hydrogen-bond donors (Lipinski definition) is 2. The van der Waals surface area contributed by atoms with E-state index in [1.54, 1.807) is 0 Å². The van der Waals surface area contributed by atoms with E-state index in [2.05, 4.69) is 33.5 Å². The third-order valence-corrected chi connectivity index (χ3v) is 3.42. The van der Waals surface area contributed by atoms with E-state index < -0.39 is 0 Å². The molecule has 1 fully saturated rings. The Labute approximate surface area is 104 Å². The largest absolute Gasteiger partial charge is 0.345 e. The molecule has 88 valence electrons. The zero-order valence-corrected chi connectivity index (χ0v) is 11.1. The van der Waals surface area contributed by atoms with Crippen molar-refractivity contribution >= 4 is 21.8 Å². The monoisotopic (exact) mass is 285 g/mol. The number of carbonyl (C=O) groups excluding carboxylic acids is 1. The second-order valence-corrected chi connectivity index (χ2v) is 5.51. The Morgan fingerprint density at radius 3 is 2.94 bits per heavy atom. The van der Waals surface area contributed by atoms with Crippen LogP contribution in [0.15, 0.2) is 16.7 Å². The number of nitrogens with zero attached hydrogens (tertiary/aromatic N) is 1. The van der Waals surface area contributed by atoms with Crippen LogP contribution >= 0.6 is 15.9 Å². The van der Waals surface area contributed by atoms with Crippen LogP contribution in [-0.4, -0.2) is 29.1 Å². The van der Waals surface area contributed by atoms with Crippen molar-refractivity contribution in [3.8, 4) is 0 Å². The van der Waals surface area contributed by atoms with E-state index in [-0.39, 0.29) is 11.4 Å². The van der Waals surface area contributed by atoms with Gasteiger partial charge in [0.1, 0.15) is 5.69 Å². The Morgan fingerprint density at radius 2 is 2.44 bits per heavy atom. The van der Waals surface area contributed by atoms with Gasteiger partial charge < -0.3 is 15.2 Å². The van der Waals surface area contributed by atoms with E-state index in [9.17, 15) is 4.79 Å². The number of rotatable bonds is 2. The number of nitrogens with one attached hydrogen (secondary N) is 2. The number of halogens is 1. The molecule has 1 amide bonds. The Hall–Kier alpha value is -0.810. The van der Waals surface area contributed by atoms with E-state index in [4.69, 9.17) is 0 Å². The molecule has 0 aromatic carbocycles. The second kappa shape index (κ2) is 4.22. The Morgan fingerprint density at radius 1 is 1.69 bits per heavy atom. The fourth-order valence-electron chi connectivity index (χ4n) is 2.01. The van der Waals surface area contributed by atoms with Crippen LogP contribution in [0.3, 0.4) is 0 Å². The Balaban J connectivity index is 2.11. The molecule has 0 aliphatic carbocycles. The first-order chi connectivity index (χ1) is 7.50. The lowest BCUT2D eigenvalue weighted by Crippen LogP contribution is -2.47. The average molecular weight is 286 g/mol. The molecule has 0 saturated carbocycles. The molecule has 0 radical (unpaired) electrons. The number of aromatic nitrogens is 1. The third-order valence-electron chi connectivity index (χ3n) is 2.99. The third kappa shape index (κ3) is 2.30.